The van der Waals surface area contributed by atoms with Crippen molar-refractivity contribution < 1.29 is 31.6 Å². The Morgan fingerprint density at radius 1 is 1.43 bits per heavy atom. The second-order valence-corrected chi connectivity index (χ2v) is 5.70. The van der Waals surface area contributed by atoms with Crippen molar-refractivity contribution in [1.29, 1.82) is 0 Å². The van der Waals surface area contributed by atoms with E-state index in [1.54, 1.807) is 0 Å². The van der Waals surface area contributed by atoms with Crippen LogP contribution in [0.25, 0.3) is 0 Å². The van der Waals surface area contributed by atoms with E-state index in [0.717, 1.165) is 4.90 Å². The molecule has 0 spiro atoms. The van der Waals surface area contributed by atoms with Gasteiger partial charge < -0.3 is 16.0 Å². The van der Waals surface area contributed by atoms with Gasteiger partial charge in [-0.05, 0) is 12.8 Å². The van der Waals surface area contributed by atoms with Gasteiger partial charge in [0.1, 0.15) is 6.04 Å². The first-order valence-corrected chi connectivity index (χ1v) is 7.38. The number of carbonyl (C=O) groups excluding carboxylic acids is 3. The maximum absolute atomic E-state index is 12.0. The molecule has 2 aliphatic rings. The van der Waals surface area contributed by atoms with Crippen LogP contribution >= 0.6 is 0 Å². The van der Waals surface area contributed by atoms with Crippen molar-refractivity contribution in [3.8, 4) is 0 Å². The third-order valence-electron chi connectivity index (χ3n) is 3.24. The quantitative estimate of drug-likeness (QED) is 0.475. The number of hydrogen-bond acceptors (Lipinski definition) is 6. The summed E-state index contributed by atoms with van der Waals surface area (Å²) >= 11 is 0. The maximum Gasteiger partial charge on any atom is 0.418 e. The Balaban J connectivity index is 2.06. The Bertz CT molecular complexity index is 577. The summed E-state index contributed by atoms with van der Waals surface area (Å²) in [5, 5.41) is 2.82. The Hall–Kier alpha value is -1.92. The zero-order chi connectivity index (χ0) is 15.8. The zero-order valence-corrected chi connectivity index (χ0v) is 11.6. The van der Waals surface area contributed by atoms with Crippen molar-refractivity contribution in [2.24, 2.45) is 5.73 Å². The Morgan fingerprint density at radius 3 is 2.67 bits per heavy atom. The van der Waals surface area contributed by atoms with E-state index in [0.29, 0.717) is 11.5 Å². The fourth-order valence-corrected chi connectivity index (χ4v) is 2.78. The summed E-state index contributed by atoms with van der Waals surface area (Å²) in [6.45, 7) is -0.269. The van der Waals surface area contributed by atoms with Crippen molar-refractivity contribution >= 4 is 28.2 Å². The maximum atomic E-state index is 12.0. The lowest BCUT2D eigenvalue weighted by atomic mass is 10.0. The van der Waals surface area contributed by atoms with Gasteiger partial charge in [0.15, 0.2) is 0 Å². The Labute approximate surface area is 119 Å². The molecular formula is C9H14N4O7S. The molecule has 0 radical (unpaired) electrons. The second-order valence-electron chi connectivity index (χ2n) is 4.69. The van der Waals surface area contributed by atoms with Crippen molar-refractivity contribution in [3.05, 3.63) is 0 Å². The van der Waals surface area contributed by atoms with Crippen LogP contribution in [0.5, 0.6) is 0 Å². The number of hydroxylamine groups is 2. The van der Waals surface area contributed by atoms with Gasteiger partial charge in [-0.25, -0.2) is 4.79 Å². The van der Waals surface area contributed by atoms with E-state index >= 15 is 0 Å². The minimum Gasteiger partial charge on any atom is -0.368 e. The van der Waals surface area contributed by atoms with Crippen LogP contribution in [0.3, 0.4) is 0 Å². The van der Waals surface area contributed by atoms with E-state index < -0.39 is 40.3 Å². The molecular weight excluding hydrogens is 308 g/mol. The molecule has 2 aliphatic heterocycles. The molecule has 4 N–H and O–H groups in total. The molecule has 0 aromatic rings. The lowest BCUT2D eigenvalue weighted by Crippen LogP contribution is -2.51. The highest BCUT2D eigenvalue weighted by Crippen LogP contribution is 2.30. The topological polar surface area (TPSA) is 159 Å². The molecule has 0 unspecified atom stereocenters. The molecule has 0 aromatic heterocycles. The molecule has 4 amide bonds. The molecule has 2 bridgehead atoms. The smallest absolute Gasteiger partial charge is 0.368 e. The van der Waals surface area contributed by atoms with E-state index in [4.69, 9.17) is 10.3 Å². The molecule has 2 heterocycles. The number of nitrogens with zero attached hydrogens (tertiary/aromatic N) is 2. The lowest BCUT2D eigenvalue weighted by molar-refractivity contribution is -0.128. The predicted octanol–water partition coefficient (Wildman–Crippen LogP) is -2.41. The van der Waals surface area contributed by atoms with E-state index in [-0.39, 0.29) is 19.5 Å². The monoisotopic (exact) mass is 322 g/mol. The lowest BCUT2D eigenvalue weighted by Gasteiger charge is -2.29. The van der Waals surface area contributed by atoms with Crippen LogP contribution in [-0.4, -0.2) is 66.0 Å². The van der Waals surface area contributed by atoms with Crippen LogP contribution in [0, 0.1) is 0 Å². The minimum atomic E-state index is -4.82. The van der Waals surface area contributed by atoms with Gasteiger partial charge in [-0.2, -0.15) is 13.5 Å². The molecule has 21 heavy (non-hydrogen) atoms. The number of piperidine rings is 1. The number of amides is 4. The first kappa shape index (κ1) is 15.5. The third-order valence-corrected chi connectivity index (χ3v) is 3.59. The van der Waals surface area contributed by atoms with Crippen molar-refractivity contribution in [2.75, 3.05) is 13.1 Å². The highest BCUT2D eigenvalue weighted by Gasteiger charge is 2.49. The van der Waals surface area contributed by atoms with Gasteiger partial charge in [0.2, 0.25) is 11.8 Å². The first-order chi connectivity index (χ1) is 9.69. The number of urea groups is 1. The standard InChI is InChI=1S/C9H14N4O7S/c10-7(14)3-11-8(15)6-2-1-5-4-12(6)9(16)13(5)20-21(17,18)19/h5-6H,1-4H2,(H2,10,14)(H,11,15)(H,17,18,19)/t5-,6+/m0/s1. The SMILES string of the molecule is NC(=O)CNC(=O)[C@H]1CC[C@H]2CN1C(=O)N2OS(=O)(=O)O. The van der Waals surface area contributed by atoms with Crippen LogP contribution in [0.2, 0.25) is 0 Å². The van der Waals surface area contributed by atoms with E-state index in [2.05, 4.69) is 9.60 Å². The average Bonchev–Trinajstić information content (AvgIpc) is 2.60. The molecule has 0 aromatic carbocycles. The van der Waals surface area contributed by atoms with Gasteiger partial charge in [-0.1, -0.05) is 0 Å². The second kappa shape index (κ2) is 5.46. The summed E-state index contributed by atoms with van der Waals surface area (Å²) in [4.78, 5) is 35.6. The van der Waals surface area contributed by atoms with Gasteiger partial charge in [0.25, 0.3) is 0 Å². The zero-order valence-electron chi connectivity index (χ0n) is 10.8. The molecule has 11 nitrogen and oxygen atoms in total. The summed E-state index contributed by atoms with van der Waals surface area (Å²) in [5.74, 6) is -1.28. The van der Waals surface area contributed by atoms with Gasteiger partial charge >= 0.3 is 16.4 Å². The normalized spacial score (nSPS) is 25.1. The van der Waals surface area contributed by atoms with Gasteiger partial charge in [-0.15, -0.1) is 4.28 Å². The number of primary amides is 1. The Kier molecular flexibility index (Phi) is 4.02. The highest BCUT2D eigenvalue weighted by atomic mass is 32.3. The predicted molar refractivity (Wildman–Crippen MR) is 65.6 cm³/mol. The van der Waals surface area contributed by atoms with Crippen LogP contribution in [0.15, 0.2) is 0 Å². The van der Waals surface area contributed by atoms with Gasteiger partial charge in [0, 0.05) is 6.54 Å². The summed E-state index contributed by atoms with van der Waals surface area (Å²) in [5.41, 5.74) is 4.91. The fraction of sp³-hybridized carbons (Fsp3) is 0.667. The fourth-order valence-electron chi connectivity index (χ4n) is 2.40. The van der Waals surface area contributed by atoms with Gasteiger partial charge in [0.05, 0.1) is 12.6 Å². The minimum absolute atomic E-state index is 0.0863. The van der Waals surface area contributed by atoms with Crippen molar-refractivity contribution in [3.63, 3.8) is 0 Å². The van der Waals surface area contributed by atoms with Crippen molar-refractivity contribution in [2.45, 2.75) is 24.9 Å². The molecule has 2 fully saturated rings. The van der Waals surface area contributed by atoms with Crippen LogP contribution < -0.4 is 11.1 Å². The van der Waals surface area contributed by atoms with Crippen molar-refractivity contribution in [1.82, 2.24) is 15.3 Å². The highest BCUT2D eigenvalue weighted by molar-refractivity contribution is 7.80. The van der Waals surface area contributed by atoms with E-state index in [1.165, 1.54) is 0 Å². The van der Waals surface area contributed by atoms with Gasteiger partial charge in [-0.3, -0.25) is 14.1 Å². The van der Waals surface area contributed by atoms with Crippen LogP contribution in [0.1, 0.15) is 12.8 Å². The molecule has 12 heteroatoms. The largest absolute Gasteiger partial charge is 0.418 e. The number of nitrogens with one attached hydrogen (secondary N) is 1. The molecule has 2 saturated heterocycles. The first-order valence-electron chi connectivity index (χ1n) is 6.02. The molecule has 0 aliphatic carbocycles. The number of fused-ring (bicyclic) bond motifs is 2. The Morgan fingerprint density at radius 2 is 2.10 bits per heavy atom. The van der Waals surface area contributed by atoms with Crippen LogP contribution in [0.4, 0.5) is 4.79 Å². The summed E-state index contributed by atoms with van der Waals surface area (Å²) in [6, 6.07) is -2.25. The number of hydrogen-bond donors (Lipinski definition) is 3. The van der Waals surface area contributed by atoms with E-state index in [9.17, 15) is 22.8 Å². The molecule has 2 atom stereocenters. The molecule has 2 rings (SSSR count). The van der Waals surface area contributed by atoms with Crippen LogP contribution in [-0.2, 0) is 24.3 Å². The molecule has 0 saturated carbocycles. The summed E-state index contributed by atoms with van der Waals surface area (Å²) in [6.07, 6.45) is 0.582. The summed E-state index contributed by atoms with van der Waals surface area (Å²) in [7, 11) is -4.82. The molecule has 118 valence electrons. The number of nitrogens with two attached hydrogens (primary N) is 1. The average molecular weight is 322 g/mol. The number of rotatable bonds is 5. The number of carbonyl (C=O) groups is 3. The summed E-state index contributed by atoms with van der Waals surface area (Å²) < 4.78 is 34.3. The third kappa shape index (κ3) is 3.40. The van der Waals surface area contributed by atoms with E-state index in [1.807, 2.05) is 0 Å².